The molecule has 1 rings (SSSR count). The second-order valence-corrected chi connectivity index (χ2v) is 3.83. The van der Waals surface area contributed by atoms with Crippen LogP contribution in [0, 0.1) is 5.92 Å². The summed E-state index contributed by atoms with van der Waals surface area (Å²) < 4.78 is 24.4. The molecule has 0 atom stereocenters. The molecule has 0 saturated carbocycles. The van der Waals surface area contributed by atoms with Gasteiger partial charge in [-0.1, -0.05) is 0 Å². The van der Waals surface area contributed by atoms with Crippen molar-refractivity contribution in [3.63, 3.8) is 0 Å². The lowest BCUT2D eigenvalue weighted by Crippen LogP contribution is -2.54. The van der Waals surface area contributed by atoms with Gasteiger partial charge in [0.05, 0.1) is 12.5 Å². The van der Waals surface area contributed by atoms with E-state index in [1.54, 1.807) is 13.8 Å². The predicted octanol–water partition coefficient (Wildman–Crippen LogP) is 1.13. The minimum atomic E-state index is -2.45. The van der Waals surface area contributed by atoms with E-state index >= 15 is 0 Å². The minimum absolute atomic E-state index is 0. The molecule has 1 N–H and O–H groups in total. The first-order valence-corrected chi connectivity index (χ1v) is 4.81. The van der Waals surface area contributed by atoms with Gasteiger partial charge in [-0.3, -0.25) is 4.79 Å². The largest absolute Gasteiger partial charge is 0.334 e. The predicted molar refractivity (Wildman–Crippen MR) is 56.5 cm³/mol. The lowest BCUT2D eigenvalue weighted by atomic mass is 10.0. The second kappa shape index (κ2) is 6.23. The molecule has 15 heavy (non-hydrogen) atoms. The Balaban J connectivity index is 0.00000196. The van der Waals surface area contributed by atoms with E-state index in [1.807, 2.05) is 0 Å². The lowest BCUT2D eigenvalue weighted by molar-refractivity contribution is -0.141. The van der Waals surface area contributed by atoms with Crippen LogP contribution in [-0.2, 0) is 4.79 Å². The summed E-state index contributed by atoms with van der Waals surface area (Å²) in [6, 6.07) is -0.155. The first-order chi connectivity index (χ1) is 6.52. The Kier molecular flexibility index (Phi) is 6.05. The normalized spacial score (nSPS) is 16.1. The van der Waals surface area contributed by atoms with Crippen molar-refractivity contribution in [2.45, 2.75) is 26.3 Å². The van der Waals surface area contributed by atoms with Crippen LogP contribution in [0.1, 0.15) is 13.8 Å². The van der Waals surface area contributed by atoms with Gasteiger partial charge in [0.25, 0.3) is 6.43 Å². The molecular formula is C9H17ClF2N2O. The van der Waals surface area contributed by atoms with Crippen LogP contribution in [-0.4, -0.2) is 42.9 Å². The number of rotatable bonds is 4. The van der Waals surface area contributed by atoms with Gasteiger partial charge in [0, 0.05) is 19.1 Å². The Hall–Kier alpha value is -0.420. The highest BCUT2D eigenvalue weighted by Gasteiger charge is 2.31. The average molecular weight is 243 g/mol. The molecule has 90 valence electrons. The highest BCUT2D eigenvalue weighted by Crippen LogP contribution is 2.12. The summed E-state index contributed by atoms with van der Waals surface area (Å²) in [6.45, 7) is 4.29. The van der Waals surface area contributed by atoms with Crippen molar-refractivity contribution in [3.05, 3.63) is 0 Å². The van der Waals surface area contributed by atoms with Gasteiger partial charge in [-0.15, -0.1) is 12.4 Å². The van der Waals surface area contributed by atoms with Gasteiger partial charge in [-0.25, -0.2) is 8.78 Å². The van der Waals surface area contributed by atoms with Crippen LogP contribution in [0.5, 0.6) is 0 Å². The van der Waals surface area contributed by atoms with Gasteiger partial charge >= 0.3 is 0 Å². The van der Waals surface area contributed by atoms with Crippen molar-refractivity contribution >= 4 is 18.3 Å². The number of hydrogen-bond donors (Lipinski definition) is 1. The third-order valence-electron chi connectivity index (χ3n) is 2.37. The average Bonchev–Trinajstić information content (AvgIpc) is 1.95. The summed E-state index contributed by atoms with van der Waals surface area (Å²) >= 11 is 0. The van der Waals surface area contributed by atoms with Crippen LogP contribution >= 0.6 is 12.4 Å². The maximum Gasteiger partial charge on any atom is 0.255 e. The monoisotopic (exact) mass is 242 g/mol. The van der Waals surface area contributed by atoms with Crippen molar-refractivity contribution in [2.24, 2.45) is 5.92 Å². The quantitative estimate of drug-likeness (QED) is 0.802. The standard InChI is InChI=1S/C9H16F2N2O.ClH/c1-6(2)13(5-8(10)11)9(14)7-3-12-4-7;/h6-8,12H,3-5H2,1-2H3;1H. The SMILES string of the molecule is CC(C)N(CC(F)F)C(=O)C1CNC1.Cl. The Bertz CT molecular complexity index is 210. The van der Waals surface area contributed by atoms with E-state index in [9.17, 15) is 13.6 Å². The van der Waals surface area contributed by atoms with E-state index in [0.717, 1.165) is 0 Å². The van der Waals surface area contributed by atoms with Crippen molar-refractivity contribution in [2.75, 3.05) is 19.6 Å². The smallest absolute Gasteiger partial charge is 0.255 e. The fraction of sp³-hybridized carbons (Fsp3) is 0.889. The Morgan fingerprint density at radius 1 is 1.47 bits per heavy atom. The van der Waals surface area contributed by atoms with Crippen molar-refractivity contribution < 1.29 is 13.6 Å². The molecule has 0 aliphatic carbocycles. The highest BCUT2D eigenvalue weighted by atomic mass is 35.5. The maximum atomic E-state index is 12.2. The number of alkyl halides is 2. The number of carbonyl (C=O) groups is 1. The highest BCUT2D eigenvalue weighted by molar-refractivity contribution is 5.85. The Morgan fingerprint density at radius 2 is 2.00 bits per heavy atom. The zero-order chi connectivity index (χ0) is 10.7. The summed E-state index contributed by atoms with van der Waals surface area (Å²) in [5.74, 6) is -0.254. The van der Waals surface area contributed by atoms with Crippen LogP contribution < -0.4 is 5.32 Å². The molecule has 0 radical (unpaired) electrons. The molecule has 1 fully saturated rings. The van der Waals surface area contributed by atoms with Crippen LogP contribution in [0.4, 0.5) is 8.78 Å². The molecule has 1 aliphatic rings. The molecular weight excluding hydrogens is 226 g/mol. The Labute approximate surface area is 94.6 Å². The van der Waals surface area contributed by atoms with E-state index in [-0.39, 0.29) is 30.3 Å². The molecule has 0 aromatic heterocycles. The van der Waals surface area contributed by atoms with Gasteiger partial charge in [0.15, 0.2) is 0 Å². The third-order valence-corrected chi connectivity index (χ3v) is 2.37. The van der Waals surface area contributed by atoms with Crippen LogP contribution in [0.15, 0.2) is 0 Å². The van der Waals surface area contributed by atoms with Gasteiger partial charge in [-0.2, -0.15) is 0 Å². The lowest BCUT2D eigenvalue weighted by Gasteiger charge is -2.34. The number of amides is 1. The number of hydrogen-bond acceptors (Lipinski definition) is 2. The van der Waals surface area contributed by atoms with Gasteiger partial charge in [0.1, 0.15) is 0 Å². The fourth-order valence-electron chi connectivity index (χ4n) is 1.40. The molecule has 0 spiro atoms. The van der Waals surface area contributed by atoms with Gasteiger partial charge < -0.3 is 10.2 Å². The van der Waals surface area contributed by atoms with Crippen LogP contribution in [0.2, 0.25) is 0 Å². The second-order valence-electron chi connectivity index (χ2n) is 3.83. The molecule has 0 unspecified atom stereocenters. The van der Waals surface area contributed by atoms with Crippen molar-refractivity contribution in [3.8, 4) is 0 Å². The van der Waals surface area contributed by atoms with Gasteiger partial charge in [0.2, 0.25) is 5.91 Å². The third kappa shape index (κ3) is 3.91. The molecule has 1 amide bonds. The summed E-state index contributed by atoms with van der Waals surface area (Å²) in [7, 11) is 0. The Morgan fingerprint density at radius 3 is 2.27 bits per heavy atom. The van der Waals surface area contributed by atoms with E-state index in [0.29, 0.717) is 13.1 Å². The summed E-state index contributed by atoms with van der Waals surface area (Å²) in [5.41, 5.74) is 0. The van der Waals surface area contributed by atoms with Crippen molar-refractivity contribution in [1.82, 2.24) is 10.2 Å². The molecule has 0 aromatic rings. The van der Waals surface area contributed by atoms with E-state index in [1.165, 1.54) is 4.90 Å². The number of carbonyl (C=O) groups excluding carboxylic acids is 1. The first-order valence-electron chi connectivity index (χ1n) is 4.81. The van der Waals surface area contributed by atoms with Crippen LogP contribution in [0.25, 0.3) is 0 Å². The summed E-state index contributed by atoms with van der Waals surface area (Å²) in [4.78, 5) is 12.9. The topological polar surface area (TPSA) is 32.3 Å². The van der Waals surface area contributed by atoms with E-state index in [2.05, 4.69) is 5.32 Å². The molecule has 1 aliphatic heterocycles. The zero-order valence-electron chi connectivity index (χ0n) is 8.87. The zero-order valence-corrected chi connectivity index (χ0v) is 9.69. The van der Waals surface area contributed by atoms with E-state index < -0.39 is 13.0 Å². The molecule has 1 heterocycles. The van der Waals surface area contributed by atoms with Crippen molar-refractivity contribution in [1.29, 1.82) is 0 Å². The number of halogens is 3. The summed E-state index contributed by atoms with van der Waals surface area (Å²) in [5, 5.41) is 2.95. The number of nitrogens with zero attached hydrogens (tertiary/aromatic N) is 1. The van der Waals surface area contributed by atoms with Crippen LogP contribution in [0.3, 0.4) is 0 Å². The number of nitrogens with one attached hydrogen (secondary N) is 1. The molecule has 1 saturated heterocycles. The molecule has 0 aromatic carbocycles. The molecule has 6 heteroatoms. The summed E-state index contributed by atoms with van der Waals surface area (Å²) in [6.07, 6.45) is -2.45. The van der Waals surface area contributed by atoms with Gasteiger partial charge in [-0.05, 0) is 13.8 Å². The maximum absolute atomic E-state index is 12.2. The minimum Gasteiger partial charge on any atom is -0.334 e. The molecule has 0 bridgehead atoms. The first kappa shape index (κ1) is 14.6. The van der Waals surface area contributed by atoms with E-state index in [4.69, 9.17) is 0 Å². The fourth-order valence-corrected chi connectivity index (χ4v) is 1.40. The molecule has 3 nitrogen and oxygen atoms in total.